The highest BCUT2D eigenvalue weighted by atomic mass is 127. The van der Waals surface area contributed by atoms with Gasteiger partial charge in [-0.05, 0) is 52.0 Å². The van der Waals surface area contributed by atoms with E-state index >= 15 is 0 Å². The summed E-state index contributed by atoms with van der Waals surface area (Å²) in [6, 6.07) is 0. The second-order valence-corrected chi connectivity index (χ2v) is 7.91. The van der Waals surface area contributed by atoms with Gasteiger partial charge in [0.15, 0.2) is 11.8 Å². The lowest BCUT2D eigenvalue weighted by molar-refractivity contribution is 0.0376. The monoisotopic (exact) mass is 531 g/mol. The molecule has 8 nitrogen and oxygen atoms in total. The fourth-order valence-corrected chi connectivity index (χ4v) is 3.72. The number of aromatic nitrogens is 3. The largest absolute Gasteiger partial charge is 0.379 e. The molecule has 1 aromatic rings. The molecular weight excluding hydrogens is 493 g/mol. The van der Waals surface area contributed by atoms with Gasteiger partial charge in [0, 0.05) is 33.2 Å². The van der Waals surface area contributed by atoms with Crippen molar-refractivity contribution in [2.75, 3.05) is 45.9 Å². The van der Waals surface area contributed by atoms with E-state index in [1.54, 1.807) is 5.57 Å². The normalized spacial score (nSPS) is 17.9. The van der Waals surface area contributed by atoms with Crippen LogP contribution in [0.15, 0.2) is 16.6 Å². The Labute approximate surface area is 198 Å². The molecule has 0 amide bonds. The van der Waals surface area contributed by atoms with Crippen molar-refractivity contribution in [2.24, 2.45) is 12.0 Å². The van der Waals surface area contributed by atoms with E-state index < -0.39 is 0 Å². The quantitative estimate of drug-likeness (QED) is 0.168. The van der Waals surface area contributed by atoms with Crippen molar-refractivity contribution >= 4 is 29.9 Å². The van der Waals surface area contributed by atoms with E-state index in [1.807, 2.05) is 18.5 Å². The number of morpholine rings is 1. The Balaban J connectivity index is 0.00000320. The number of hydrogen-bond donors (Lipinski definition) is 2. The van der Waals surface area contributed by atoms with Crippen LogP contribution in [-0.2, 0) is 18.3 Å². The number of aryl methyl sites for hydroxylation is 1. The van der Waals surface area contributed by atoms with Crippen molar-refractivity contribution in [3.8, 4) is 0 Å². The first kappa shape index (κ1) is 25.1. The average molecular weight is 531 g/mol. The molecule has 0 radical (unpaired) electrons. The molecule has 0 saturated carbocycles. The Kier molecular flexibility index (Phi) is 11.7. The molecule has 1 fully saturated rings. The summed E-state index contributed by atoms with van der Waals surface area (Å²) in [5.41, 5.74) is 1.58. The summed E-state index contributed by atoms with van der Waals surface area (Å²) in [5.74, 6) is 2.66. The standard InChI is InChI=1S/C21H37N7O.HI/c1-18-25-26-20(27(18)2)17-24-21(23-11-9-19-7-4-3-5-8-19)22-10-6-12-28-13-15-29-16-14-28;/h7H,3-6,8-17H2,1-2H3,(H2,22,23,24);1H. The van der Waals surface area contributed by atoms with Gasteiger partial charge in [-0.15, -0.1) is 34.2 Å². The molecule has 1 aromatic heterocycles. The number of allylic oxidation sites excluding steroid dienone is 1. The third-order valence-electron chi connectivity index (χ3n) is 5.73. The minimum Gasteiger partial charge on any atom is -0.379 e. The first-order valence-electron chi connectivity index (χ1n) is 11.1. The molecule has 2 aliphatic rings. The van der Waals surface area contributed by atoms with Crippen LogP contribution in [0.4, 0.5) is 0 Å². The van der Waals surface area contributed by atoms with Gasteiger partial charge < -0.3 is 19.9 Å². The van der Waals surface area contributed by atoms with Crippen LogP contribution in [0.2, 0.25) is 0 Å². The van der Waals surface area contributed by atoms with E-state index in [0.29, 0.717) is 6.54 Å². The molecule has 0 aromatic carbocycles. The SMILES string of the molecule is Cc1nnc(CN=C(NCCCN2CCOCC2)NCCC2=CCCCC2)n1C.I. The van der Waals surface area contributed by atoms with Gasteiger partial charge in [-0.1, -0.05) is 11.6 Å². The third kappa shape index (κ3) is 8.50. The molecule has 1 aliphatic heterocycles. The van der Waals surface area contributed by atoms with E-state index in [1.165, 1.54) is 25.7 Å². The number of guanidine groups is 1. The van der Waals surface area contributed by atoms with Crippen LogP contribution in [0.5, 0.6) is 0 Å². The van der Waals surface area contributed by atoms with E-state index in [0.717, 1.165) is 76.4 Å². The van der Waals surface area contributed by atoms with Crippen LogP contribution in [0.25, 0.3) is 0 Å². The zero-order chi connectivity index (χ0) is 20.3. The van der Waals surface area contributed by atoms with E-state index in [-0.39, 0.29) is 24.0 Å². The van der Waals surface area contributed by atoms with Gasteiger partial charge in [-0.3, -0.25) is 4.90 Å². The van der Waals surface area contributed by atoms with Crippen LogP contribution in [0, 0.1) is 6.92 Å². The molecule has 9 heteroatoms. The number of aliphatic imine (C=N–C) groups is 1. The number of nitrogens with one attached hydrogen (secondary N) is 2. The van der Waals surface area contributed by atoms with Crippen LogP contribution in [0.3, 0.4) is 0 Å². The summed E-state index contributed by atoms with van der Waals surface area (Å²) in [6.45, 7) is 9.20. The lowest BCUT2D eigenvalue weighted by Gasteiger charge is -2.26. The molecule has 30 heavy (non-hydrogen) atoms. The molecule has 0 unspecified atom stereocenters. The van der Waals surface area contributed by atoms with Crippen molar-refractivity contribution in [1.82, 2.24) is 30.3 Å². The number of halogens is 1. The van der Waals surface area contributed by atoms with Crippen molar-refractivity contribution in [1.29, 1.82) is 0 Å². The summed E-state index contributed by atoms with van der Waals surface area (Å²) in [6.07, 6.45) is 9.76. The molecular formula is C21H38IN7O. The van der Waals surface area contributed by atoms with Gasteiger partial charge >= 0.3 is 0 Å². The van der Waals surface area contributed by atoms with Crippen LogP contribution < -0.4 is 10.6 Å². The summed E-state index contributed by atoms with van der Waals surface area (Å²) in [7, 11) is 1.98. The Morgan fingerprint density at radius 1 is 1.17 bits per heavy atom. The molecule has 2 N–H and O–H groups in total. The second kappa shape index (κ2) is 14.0. The van der Waals surface area contributed by atoms with Crippen molar-refractivity contribution in [3.05, 3.63) is 23.3 Å². The molecule has 0 bridgehead atoms. The molecule has 1 saturated heterocycles. The van der Waals surface area contributed by atoms with E-state index in [9.17, 15) is 0 Å². The summed E-state index contributed by atoms with van der Waals surface area (Å²) in [4.78, 5) is 7.22. The van der Waals surface area contributed by atoms with Crippen LogP contribution in [0.1, 0.15) is 50.2 Å². The number of nitrogens with zero attached hydrogens (tertiary/aromatic N) is 5. The Bertz CT molecular complexity index is 683. The van der Waals surface area contributed by atoms with Gasteiger partial charge in [0.25, 0.3) is 0 Å². The van der Waals surface area contributed by atoms with E-state index in [4.69, 9.17) is 9.73 Å². The summed E-state index contributed by atoms with van der Waals surface area (Å²) >= 11 is 0. The molecule has 2 heterocycles. The molecule has 170 valence electrons. The third-order valence-corrected chi connectivity index (χ3v) is 5.73. The topological polar surface area (TPSA) is 79.6 Å². The minimum absolute atomic E-state index is 0. The lowest BCUT2D eigenvalue weighted by Crippen LogP contribution is -2.41. The van der Waals surface area contributed by atoms with E-state index in [2.05, 4.69) is 31.8 Å². The molecule has 1 aliphatic carbocycles. The lowest BCUT2D eigenvalue weighted by atomic mass is 9.97. The predicted octanol–water partition coefficient (Wildman–Crippen LogP) is 2.39. The zero-order valence-corrected chi connectivity index (χ0v) is 20.9. The van der Waals surface area contributed by atoms with Gasteiger partial charge in [-0.25, -0.2) is 4.99 Å². The zero-order valence-electron chi connectivity index (χ0n) is 18.5. The first-order valence-corrected chi connectivity index (χ1v) is 11.1. The Morgan fingerprint density at radius 2 is 1.97 bits per heavy atom. The van der Waals surface area contributed by atoms with Crippen molar-refractivity contribution in [3.63, 3.8) is 0 Å². The van der Waals surface area contributed by atoms with Gasteiger partial charge in [0.2, 0.25) is 0 Å². The number of hydrogen-bond acceptors (Lipinski definition) is 5. The summed E-state index contributed by atoms with van der Waals surface area (Å²) in [5, 5.41) is 15.4. The number of rotatable bonds is 9. The highest BCUT2D eigenvalue weighted by Crippen LogP contribution is 2.19. The molecule has 0 spiro atoms. The summed E-state index contributed by atoms with van der Waals surface area (Å²) < 4.78 is 7.41. The van der Waals surface area contributed by atoms with Gasteiger partial charge in [-0.2, -0.15) is 0 Å². The first-order chi connectivity index (χ1) is 14.2. The van der Waals surface area contributed by atoms with Crippen LogP contribution >= 0.6 is 24.0 Å². The van der Waals surface area contributed by atoms with Gasteiger partial charge in [0.1, 0.15) is 12.4 Å². The smallest absolute Gasteiger partial charge is 0.191 e. The molecule has 0 atom stereocenters. The highest BCUT2D eigenvalue weighted by Gasteiger charge is 2.10. The maximum atomic E-state index is 5.42. The molecule has 3 rings (SSSR count). The second-order valence-electron chi connectivity index (χ2n) is 7.91. The van der Waals surface area contributed by atoms with Gasteiger partial charge in [0.05, 0.1) is 13.2 Å². The minimum atomic E-state index is 0. The number of ether oxygens (including phenoxy) is 1. The van der Waals surface area contributed by atoms with Crippen molar-refractivity contribution in [2.45, 2.75) is 52.0 Å². The van der Waals surface area contributed by atoms with Crippen LogP contribution in [-0.4, -0.2) is 71.6 Å². The average Bonchev–Trinajstić information content (AvgIpc) is 3.08. The highest BCUT2D eigenvalue weighted by molar-refractivity contribution is 14.0. The fraction of sp³-hybridized carbons (Fsp3) is 0.762. The predicted molar refractivity (Wildman–Crippen MR) is 131 cm³/mol. The Hall–Kier alpha value is -1.20. The maximum absolute atomic E-state index is 5.42. The maximum Gasteiger partial charge on any atom is 0.191 e. The van der Waals surface area contributed by atoms with Crippen molar-refractivity contribution < 1.29 is 4.74 Å². The Morgan fingerprint density at radius 3 is 2.67 bits per heavy atom. The fourth-order valence-electron chi connectivity index (χ4n) is 3.72.